The second-order valence-corrected chi connectivity index (χ2v) is 17.2. The third-order valence-corrected chi connectivity index (χ3v) is 10.8. The van der Waals surface area contributed by atoms with E-state index in [0.29, 0.717) is 17.8 Å². The van der Waals surface area contributed by atoms with Crippen molar-refractivity contribution < 1.29 is 44.9 Å². The Labute approximate surface area is 397 Å². The van der Waals surface area contributed by atoms with E-state index in [2.05, 4.69) is 75.0 Å². The summed E-state index contributed by atoms with van der Waals surface area (Å²) in [6, 6.07) is 11.9. The summed E-state index contributed by atoms with van der Waals surface area (Å²) in [5, 5.41) is 10.3. The number of hydrogen-bond donors (Lipinski definition) is 4. The van der Waals surface area contributed by atoms with Crippen LogP contribution in [0.15, 0.2) is 90.2 Å². The van der Waals surface area contributed by atoms with Crippen molar-refractivity contribution in [2.24, 2.45) is 24.8 Å². The van der Waals surface area contributed by atoms with Crippen molar-refractivity contribution in [3.63, 3.8) is 0 Å². The fraction of sp³-hybridized carbons (Fsp3) is 0.512. The third-order valence-electron chi connectivity index (χ3n) is 9.09. The molecule has 59 heavy (non-hydrogen) atoms. The molecular weight excluding hydrogens is 803 g/mol. The molecule has 0 bridgehead atoms. The van der Waals surface area contributed by atoms with Gasteiger partial charge in [0, 0.05) is 96.0 Å². The molecule has 1 amide bonds. The topological polar surface area (TPSA) is 119 Å². The Kier molecular flexibility index (Phi) is 32.8. The fourth-order valence-corrected chi connectivity index (χ4v) is 6.82. The van der Waals surface area contributed by atoms with Crippen molar-refractivity contribution in [2.45, 2.75) is 78.8 Å². The van der Waals surface area contributed by atoms with Crippen molar-refractivity contribution in [1.29, 1.82) is 0 Å². The summed E-state index contributed by atoms with van der Waals surface area (Å²) in [4.78, 5) is 25.4. The van der Waals surface area contributed by atoms with Crippen molar-refractivity contribution in [2.75, 3.05) is 53.4 Å². The molecule has 3 aromatic heterocycles. The van der Waals surface area contributed by atoms with E-state index in [9.17, 15) is 4.79 Å². The number of likely N-dealkylation sites (tertiary alicyclic amines) is 1. The summed E-state index contributed by atoms with van der Waals surface area (Å²) in [6.07, 6.45) is 17.5. The second kappa shape index (κ2) is 33.1. The van der Waals surface area contributed by atoms with Crippen LogP contribution in [0.1, 0.15) is 72.5 Å². The molecule has 0 aliphatic carbocycles. The van der Waals surface area contributed by atoms with Crippen LogP contribution in [-0.2, 0) is 38.5 Å². The van der Waals surface area contributed by atoms with Crippen LogP contribution in [0, 0.1) is 0 Å². The van der Waals surface area contributed by atoms with Gasteiger partial charge in [0.1, 0.15) is 14.1 Å². The summed E-state index contributed by atoms with van der Waals surface area (Å²) in [5.41, 5.74) is 10.3. The van der Waals surface area contributed by atoms with Gasteiger partial charge in [0.2, 0.25) is 5.91 Å². The molecule has 5 N–H and O–H groups in total. The summed E-state index contributed by atoms with van der Waals surface area (Å²) in [6.45, 7) is 16.2. The normalized spacial score (nSPS) is 14.9. The SMILES string of the molecule is C.CC(=O)NCc1cc[n+](C)cc1.CC(=S)NCC1=CCN(C)CC1.CC(=S)NCc1cc[n+](C)cc1.CC1=NCC2(CCN(C)CC2)S1.NCc1ccncc1.[B].[H-].[Na+]. The number of hydrogen-bond acceptors (Lipinski definition) is 9. The van der Waals surface area contributed by atoms with E-state index in [0.717, 1.165) is 47.3 Å². The van der Waals surface area contributed by atoms with E-state index in [1.54, 1.807) is 12.4 Å². The zero-order chi connectivity index (χ0) is 41.3. The molecule has 16 heteroatoms. The minimum absolute atomic E-state index is 0. The van der Waals surface area contributed by atoms with Crippen molar-refractivity contribution in [1.82, 2.24) is 30.7 Å². The van der Waals surface area contributed by atoms with Crippen LogP contribution in [0.5, 0.6) is 0 Å². The number of thioether (sulfide) groups is 1. The maximum absolute atomic E-state index is 10.6. The number of rotatable bonds is 7. The third kappa shape index (κ3) is 27.8. The first-order valence-corrected chi connectivity index (χ1v) is 20.8. The average molecular weight is 874 g/mol. The number of nitrogens with one attached hydrogen (secondary N) is 3. The van der Waals surface area contributed by atoms with Gasteiger partial charge in [0.25, 0.3) is 0 Å². The standard InChI is InChI=1S/C9H12N2O.2C9H16N2S.C9H12N2S.C6H8N2.CH4.B.Na.H/c1-8(12)10-7-9-3-5-11(2)6-4-9;1-8-10-7-9(12-8)3-5-11(2)6-4-9;2*1-8(12)10-7-9-3-5-11(2)6-4-9;7-5-6-1-3-8-4-2-6;;;;/h3-6H,7H2,1-2H3;3-7H2,1-2H3;3H,4-7H2,1-2H3,(H,10,12);3-6H,7H2,1-2H3;1-4H,5,7H2;1H4;;;/q;;;;;;;+1;-1/p+2. The Morgan fingerprint density at radius 3 is 1.71 bits per heavy atom. The number of nitrogens with two attached hydrogens (primary N) is 1. The molecule has 1 spiro atoms. The number of likely N-dealkylation sites (N-methyl/N-ethyl adjacent to an activating group) is 1. The Hall–Kier alpha value is -2.60. The van der Waals surface area contributed by atoms with Crippen molar-refractivity contribution in [3.05, 3.63) is 102 Å². The number of aryl methyl sites for hydroxylation is 2. The molecule has 0 aromatic carbocycles. The number of thiocarbonyl (C=S) groups is 2. The molecule has 0 unspecified atom stereocenters. The zero-order valence-electron chi connectivity index (χ0n) is 37.5. The van der Waals surface area contributed by atoms with Gasteiger partial charge in [-0.15, -0.1) is 11.8 Å². The molecule has 3 aliphatic heterocycles. The van der Waals surface area contributed by atoms with Crippen LogP contribution < -0.4 is 60.4 Å². The van der Waals surface area contributed by atoms with Crippen LogP contribution in [0.3, 0.4) is 0 Å². The van der Waals surface area contributed by atoms with Crippen molar-refractivity contribution >= 4 is 65.5 Å². The van der Waals surface area contributed by atoms with E-state index in [1.165, 1.54) is 62.0 Å². The number of aromatic nitrogens is 3. The fourth-order valence-electron chi connectivity index (χ4n) is 5.40. The van der Waals surface area contributed by atoms with Gasteiger partial charge in [0.15, 0.2) is 24.8 Å². The summed E-state index contributed by atoms with van der Waals surface area (Å²) in [7, 11) is 8.31. The molecule has 11 nitrogen and oxygen atoms in total. The minimum Gasteiger partial charge on any atom is -1.00 e. The second-order valence-electron chi connectivity index (χ2n) is 14.3. The van der Waals surface area contributed by atoms with Gasteiger partial charge in [-0.05, 0) is 96.0 Å². The number of nitrogens with zero attached hydrogens (tertiary/aromatic N) is 6. The van der Waals surface area contributed by atoms with Gasteiger partial charge in [-0.1, -0.05) is 43.5 Å². The smallest absolute Gasteiger partial charge is 1.00 e. The predicted octanol–water partition coefficient (Wildman–Crippen LogP) is 1.81. The maximum atomic E-state index is 10.6. The Morgan fingerprint density at radius 1 is 0.831 bits per heavy atom. The quantitative estimate of drug-likeness (QED) is 0.121. The van der Waals surface area contributed by atoms with E-state index in [-0.39, 0.29) is 52.7 Å². The molecule has 1 saturated heterocycles. The van der Waals surface area contributed by atoms with E-state index >= 15 is 0 Å². The maximum Gasteiger partial charge on any atom is 1.00 e. The molecule has 3 radical (unpaired) electrons. The molecular formula is C43H71BN10NaOS3+2. The Bertz CT molecular complexity index is 1620. The van der Waals surface area contributed by atoms with Gasteiger partial charge < -0.3 is 32.9 Å². The zero-order valence-corrected chi connectivity index (χ0v) is 40.9. The summed E-state index contributed by atoms with van der Waals surface area (Å²) >= 11 is 11.9. The van der Waals surface area contributed by atoms with E-state index in [1.807, 2.05) is 97.9 Å². The molecule has 0 atom stereocenters. The summed E-state index contributed by atoms with van der Waals surface area (Å²) < 4.78 is 4.46. The molecule has 0 saturated carbocycles. The number of carbonyl (C=O) groups excluding carboxylic acids is 1. The van der Waals surface area contributed by atoms with Crippen LogP contribution in [0.4, 0.5) is 0 Å². The molecule has 319 valence electrons. The largest absolute Gasteiger partial charge is 1.00 e. The first-order chi connectivity index (χ1) is 26.7. The van der Waals surface area contributed by atoms with Crippen LogP contribution in [0.25, 0.3) is 0 Å². The minimum atomic E-state index is 0. The predicted molar refractivity (Wildman–Crippen MR) is 255 cm³/mol. The van der Waals surface area contributed by atoms with Crippen LogP contribution in [0.2, 0.25) is 0 Å². The number of piperidine rings is 1. The Balaban J connectivity index is -0.000000670. The number of aliphatic imine (C=N–C) groups is 1. The molecule has 3 aromatic rings. The molecule has 1 fully saturated rings. The van der Waals surface area contributed by atoms with Gasteiger partial charge in [-0.25, -0.2) is 9.13 Å². The Morgan fingerprint density at radius 2 is 1.32 bits per heavy atom. The van der Waals surface area contributed by atoms with Gasteiger partial charge >= 0.3 is 29.6 Å². The molecule has 3 aliphatic rings. The first kappa shape index (κ1) is 58.5. The van der Waals surface area contributed by atoms with Crippen LogP contribution >= 0.6 is 36.2 Å². The monoisotopic (exact) mass is 873 g/mol. The van der Waals surface area contributed by atoms with E-state index < -0.39 is 0 Å². The van der Waals surface area contributed by atoms with Crippen molar-refractivity contribution in [3.8, 4) is 0 Å². The van der Waals surface area contributed by atoms with Crippen LogP contribution in [-0.4, -0.2) is 102 Å². The van der Waals surface area contributed by atoms with Gasteiger partial charge in [-0.2, -0.15) is 0 Å². The number of carbonyl (C=O) groups is 1. The number of amides is 1. The average Bonchev–Trinajstić information content (AvgIpc) is 3.56. The molecule has 6 heterocycles. The summed E-state index contributed by atoms with van der Waals surface area (Å²) in [5.74, 6) is 0.00299. The van der Waals surface area contributed by atoms with Gasteiger partial charge in [0.05, 0.1) is 21.6 Å². The number of pyridine rings is 3. The van der Waals surface area contributed by atoms with Gasteiger partial charge in [-0.3, -0.25) is 14.8 Å². The first-order valence-electron chi connectivity index (χ1n) is 19.1. The molecule has 6 rings (SSSR count). The van der Waals surface area contributed by atoms with E-state index in [4.69, 9.17) is 30.2 Å².